The Labute approximate surface area is 105 Å². The van der Waals surface area contributed by atoms with Gasteiger partial charge in [0.2, 0.25) is 11.7 Å². The van der Waals surface area contributed by atoms with Crippen LogP contribution >= 0.6 is 0 Å². The standard InChI is InChI=1S/C15H11N2O/c1-11-16-15(17-18-11)14-9-7-13(8-10-14)12-5-3-2-4-6-12/h2-3,5-10H,1H3. The normalized spacial score (nSPS) is 10.5. The molecule has 1 aromatic heterocycles. The molecule has 2 aromatic carbocycles. The van der Waals surface area contributed by atoms with E-state index in [9.17, 15) is 0 Å². The second-order valence-electron chi connectivity index (χ2n) is 4.01. The first-order valence-corrected chi connectivity index (χ1v) is 5.70. The Hall–Kier alpha value is -2.42. The van der Waals surface area contributed by atoms with E-state index in [1.54, 1.807) is 6.92 Å². The van der Waals surface area contributed by atoms with E-state index in [-0.39, 0.29) is 0 Å². The summed E-state index contributed by atoms with van der Waals surface area (Å²) >= 11 is 0. The molecule has 87 valence electrons. The third-order valence-corrected chi connectivity index (χ3v) is 2.71. The van der Waals surface area contributed by atoms with Crippen LogP contribution in [0.3, 0.4) is 0 Å². The van der Waals surface area contributed by atoms with Crippen molar-refractivity contribution < 1.29 is 4.52 Å². The molecule has 0 bridgehead atoms. The second kappa shape index (κ2) is 4.45. The van der Waals surface area contributed by atoms with Crippen molar-refractivity contribution in [3.8, 4) is 22.5 Å². The number of aromatic nitrogens is 2. The van der Waals surface area contributed by atoms with Gasteiger partial charge in [0.15, 0.2) is 0 Å². The molecular weight excluding hydrogens is 224 g/mol. The van der Waals surface area contributed by atoms with Crippen LogP contribution in [0.15, 0.2) is 53.1 Å². The Balaban J connectivity index is 1.94. The third-order valence-electron chi connectivity index (χ3n) is 2.71. The molecule has 0 spiro atoms. The number of hydrogen-bond acceptors (Lipinski definition) is 3. The molecule has 0 saturated heterocycles. The maximum absolute atomic E-state index is 4.97. The van der Waals surface area contributed by atoms with Crippen LogP contribution in [0.5, 0.6) is 0 Å². The number of benzene rings is 2. The van der Waals surface area contributed by atoms with Crippen molar-refractivity contribution in [1.82, 2.24) is 10.1 Å². The van der Waals surface area contributed by atoms with Gasteiger partial charge in [-0.25, -0.2) is 0 Å². The summed E-state index contributed by atoms with van der Waals surface area (Å²) in [5, 5.41) is 3.90. The smallest absolute Gasteiger partial charge is 0.223 e. The van der Waals surface area contributed by atoms with Gasteiger partial charge in [0.05, 0.1) is 0 Å². The Kier molecular flexibility index (Phi) is 2.65. The molecule has 3 aromatic rings. The summed E-state index contributed by atoms with van der Waals surface area (Å²) in [5.41, 5.74) is 3.25. The number of hydrogen-bond donors (Lipinski definition) is 0. The van der Waals surface area contributed by atoms with E-state index in [1.807, 2.05) is 42.5 Å². The summed E-state index contributed by atoms with van der Waals surface area (Å²) in [6.45, 7) is 1.78. The molecule has 3 nitrogen and oxygen atoms in total. The zero-order valence-corrected chi connectivity index (χ0v) is 9.92. The van der Waals surface area contributed by atoms with Crippen LogP contribution in [0.25, 0.3) is 22.5 Å². The molecule has 0 saturated carbocycles. The number of rotatable bonds is 2. The summed E-state index contributed by atoms with van der Waals surface area (Å²) in [6.07, 6.45) is 0. The molecule has 0 unspecified atom stereocenters. The van der Waals surface area contributed by atoms with Crippen molar-refractivity contribution in [2.75, 3.05) is 0 Å². The molecule has 1 radical (unpaired) electrons. The fourth-order valence-electron chi connectivity index (χ4n) is 1.80. The average Bonchev–Trinajstić information content (AvgIpc) is 2.87. The molecule has 3 heteroatoms. The summed E-state index contributed by atoms with van der Waals surface area (Å²) in [5.74, 6) is 1.20. The van der Waals surface area contributed by atoms with Gasteiger partial charge in [-0.2, -0.15) is 4.98 Å². The summed E-state index contributed by atoms with van der Waals surface area (Å²) in [7, 11) is 0. The molecule has 0 atom stereocenters. The Morgan fingerprint density at radius 2 is 1.78 bits per heavy atom. The van der Waals surface area contributed by atoms with Gasteiger partial charge in [-0.3, -0.25) is 0 Å². The highest BCUT2D eigenvalue weighted by Crippen LogP contribution is 2.22. The van der Waals surface area contributed by atoms with E-state index in [1.165, 1.54) is 0 Å². The van der Waals surface area contributed by atoms with Gasteiger partial charge in [-0.15, -0.1) is 0 Å². The first-order valence-electron chi connectivity index (χ1n) is 5.70. The number of nitrogens with zero attached hydrogens (tertiary/aromatic N) is 2. The fraction of sp³-hybridized carbons (Fsp3) is 0.0667. The van der Waals surface area contributed by atoms with Crippen LogP contribution in [-0.2, 0) is 0 Å². The van der Waals surface area contributed by atoms with Crippen LogP contribution < -0.4 is 0 Å². The van der Waals surface area contributed by atoms with Crippen LogP contribution in [-0.4, -0.2) is 10.1 Å². The lowest BCUT2D eigenvalue weighted by atomic mass is 10.0. The molecule has 0 aliphatic carbocycles. The molecule has 3 rings (SSSR count). The topological polar surface area (TPSA) is 38.9 Å². The molecule has 0 amide bonds. The lowest BCUT2D eigenvalue weighted by molar-refractivity contribution is 0.394. The van der Waals surface area contributed by atoms with Gasteiger partial charge < -0.3 is 4.52 Å². The van der Waals surface area contributed by atoms with Gasteiger partial charge in [0.25, 0.3) is 0 Å². The monoisotopic (exact) mass is 235 g/mol. The highest BCUT2D eigenvalue weighted by atomic mass is 16.5. The zero-order valence-electron chi connectivity index (χ0n) is 9.92. The molecular formula is C15H11N2O. The summed E-state index contributed by atoms with van der Waals surface area (Å²) < 4.78 is 4.97. The molecule has 0 fully saturated rings. The van der Waals surface area contributed by atoms with E-state index in [0.29, 0.717) is 11.7 Å². The predicted molar refractivity (Wildman–Crippen MR) is 68.7 cm³/mol. The van der Waals surface area contributed by atoms with E-state index in [0.717, 1.165) is 16.7 Å². The van der Waals surface area contributed by atoms with Crippen LogP contribution in [0, 0.1) is 13.0 Å². The lowest BCUT2D eigenvalue weighted by Gasteiger charge is -2.01. The quantitative estimate of drug-likeness (QED) is 0.682. The zero-order chi connectivity index (χ0) is 12.4. The maximum Gasteiger partial charge on any atom is 0.223 e. The first-order chi connectivity index (χ1) is 8.83. The van der Waals surface area contributed by atoms with Crippen molar-refractivity contribution >= 4 is 0 Å². The molecule has 0 aliphatic rings. The van der Waals surface area contributed by atoms with Crippen molar-refractivity contribution in [1.29, 1.82) is 0 Å². The summed E-state index contributed by atoms with van der Waals surface area (Å²) in [4.78, 5) is 4.20. The van der Waals surface area contributed by atoms with Crippen molar-refractivity contribution in [2.24, 2.45) is 0 Å². The Morgan fingerprint density at radius 1 is 1.00 bits per heavy atom. The van der Waals surface area contributed by atoms with Crippen molar-refractivity contribution in [2.45, 2.75) is 6.92 Å². The van der Waals surface area contributed by atoms with Crippen LogP contribution in [0.4, 0.5) is 0 Å². The summed E-state index contributed by atoms with van der Waals surface area (Å²) in [6, 6.07) is 19.0. The lowest BCUT2D eigenvalue weighted by Crippen LogP contribution is -1.82. The highest BCUT2D eigenvalue weighted by Gasteiger charge is 2.05. The van der Waals surface area contributed by atoms with Crippen molar-refractivity contribution in [3.63, 3.8) is 0 Å². The van der Waals surface area contributed by atoms with E-state index in [2.05, 4.69) is 22.3 Å². The minimum atomic E-state index is 0.576. The predicted octanol–water partition coefficient (Wildman–Crippen LogP) is 3.51. The second-order valence-corrected chi connectivity index (χ2v) is 4.01. The molecule has 1 heterocycles. The van der Waals surface area contributed by atoms with Crippen molar-refractivity contribution in [3.05, 3.63) is 60.5 Å². The Bertz CT molecular complexity index is 642. The number of aryl methyl sites for hydroxylation is 1. The SMILES string of the molecule is Cc1nc(-c2ccc(-c3c[c]ccc3)cc2)no1. The highest BCUT2D eigenvalue weighted by molar-refractivity contribution is 5.67. The van der Waals surface area contributed by atoms with Crippen LogP contribution in [0.2, 0.25) is 0 Å². The van der Waals surface area contributed by atoms with E-state index in [4.69, 9.17) is 4.52 Å². The largest absolute Gasteiger partial charge is 0.339 e. The van der Waals surface area contributed by atoms with Gasteiger partial charge in [0.1, 0.15) is 0 Å². The molecule has 18 heavy (non-hydrogen) atoms. The minimum Gasteiger partial charge on any atom is -0.339 e. The van der Waals surface area contributed by atoms with Gasteiger partial charge in [-0.05, 0) is 23.3 Å². The Morgan fingerprint density at radius 3 is 2.39 bits per heavy atom. The van der Waals surface area contributed by atoms with E-state index >= 15 is 0 Å². The minimum absolute atomic E-state index is 0.576. The molecule has 0 aliphatic heterocycles. The van der Waals surface area contributed by atoms with Gasteiger partial charge >= 0.3 is 0 Å². The van der Waals surface area contributed by atoms with E-state index < -0.39 is 0 Å². The van der Waals surface area contributed by atoms with Crippen LogP contribution in [0.1, 0.15) is 5.89 Å². The third kappa shape index (κ3) is 2.02. The molecule has 0 N–H and O–H groups in total. The van der Waals surface area contributed by atoms with Gasteiger partial charge in [-0.1, -0.05) is 47.6 Å². The maximum atomic E-state index is 4.97. The van der Waals surface area contributed by atoms with Gasteiger partial charge in [0, 0.05) is 12.5 Å². The first kappa shape index (κ1) is 10.7. The fourth-order valence-corrected chi connectivity index (χ4v) is 1.80. The average molecular weight is 235 g/mol.